The summed E-state index contributed by atoms with van der Waals surface area (Å²) >= 11 is 0. The van der Waals surface area contributed by atoms with Crippen LogP contribution in [0.25, 0.3) is 0 Å². The number of esters is 1. The van der Waals surface area contributed by atoms with E-state index in [1.807, 2.05) is 53.6 Å². The van der Waals surface area contributed by atoms with Crippen molar-refractivity contribution in [1.82, 2.24) is 15.1 Å². The van der Waals surface area contributed by atoms with Crippen molar-refractivity contribution < 1.29 is 43.2 Å². The molecule has 12 heteroatoms. The summed E-state index contributed by atoms with van der Waals surface area (Å²) < 4.78 is 31.6. The van der Waals surface area contributed by atoms with Gasteiger partial charge in [0.2, 0.25) is 0 Å². The average molecular weight is 670 g/mol. The van der Waals surface area contributed by atoms with Gasteiger partial charge in [0, 0.05) is 37.8 Å². The Kier molecular flexibility index (Phi) is 13.3. The van der Waals surface area contributed by atoms with Gasteiger partial charge in [-0.25, -0.2) is 4.79 Å². The Morgan fingerprint density at radius 1 is 1.09 bits per heavy atom. The number of aliphatic hydroxyl groups excluding tert-OH is 1. The molecule has 0 aromatic rings. The molecule has 272 valence electrons. The van der Waals surface area contributed by atoms with Crippen molar-refractivity contribution in [1.29, 1.82) is 0 Å². The van der Waals surface area contributed by atoms with E-state index in [1.165, 1.54) is 0 Å². The number of hydrogen-bond donors (Lipinski definition) is 2. The number of carbonyl (C=O) groups excluding carboxylic acids is 3. The van der Waals surface area contributed by atoms with Gasteiger partial charge in [0.15, 0.2) is 17.7 Å². The van der Waals surface area contributed by atoms with E-state index < -0.39 is 65.2 Å². The van der Waals surface area contributed by atoms with Gasteiger partial charge in [0.1, 0.15) is 17.6 Å². The number of nitrogens with zero attached hydrogens (tertiary/aromatic N) is 2. The highest BCUT2D eigenvalue weighted by Gasteiger charge is 2.58. The lowest BCUT2D eigenvalue weighted by Crippen LogP contribution is -2.61. The summed E-state index contributed by atoms with van der Waals surface area (Å²) in [5, 5.41) is 14.6. The minimum absolute atomic E-state index is 0.0662. The third-order valence-electron chi connectivity index (χ3n) is 11.1. The van der Waals surface area contributed by atoms with Crippen LogP contribution in [0.4, 0.5) is 4.79 Å². The van der Waals surface area contributed by atoms with Crippen molar-refractivity contribution in [3.63, 3.8) is 0 Å². The molecule has 4 heterocycles. The van der Waals surface area contributed by atoms with Crippen LogP contribution in [0.1, 0.15) is 94.9 Å². The number of fused-ring (bicyclic) bond motifs is 10. The number of aliphatic hydroxyl groups is 1. The number of likely N-dealkylation sites (N-methyl/N-ethyl adjacent to an activating group) is 2. The van der Waals surface area contributed by atoms with Crippen molar-refractivity contribution in [3.8, 4) is 0 Å². The van der Waals surface area contributed by atoms with Crippen LogP contribution in [0.2, 0.25) is 0 Å². The molecule has 0 aromatic carbocycles. The zero-order chi connectivity index (χ0) is 35.5. The minimum atomic E-state index is -1.56. The molecule has 1 amide bonds. The van der Waals surface area contributed by atoms with Crippen molar-refractivity contribution in [2.75, 3.05) is 40.4 Å². The Morgan fingerprint density at radius 3 is 2.30 bits per heavy atom. The molecule has 0 spiro atoms. The molecule has 4 fully saturated rings. The molecule has 0 aliphatic carbocycles. The maximum atomic E-state index is 14.6. The third-order valence-corrected chi connectivity index (χ3v) is 11.1. The van der Waals surface area contributed by atoms with E-state index in [2.05, 4.69) is 31.0 Å². The van der Waals surface area contributed by atoms with E-state index in [0.29, 0.717) is 39.0 Å². The number of carbonyl (C=O) groups is 3. The molecule has 2 N–H and O–H groups in total. The van der Waals surface area contributed by atoms with Crippen LogP contribution in [-0.2, 0) is 33.3 Å². The van der Waals surface area contributed by atoms with Crippen LogP contribution >= 0.6 is 0 Å². The van der Waals surface area contributed by atoms with E-state index in [-0.39, 0.29) is 36.8 Å². The second kappa shape index (κ2) is 15.8. The van der Waals surface area contributed by atoms with Gasteiger partial charge in [-0.15, -0.1) is 0 Å². The largest absolute Gasteiger partial charge is 0.457 e. The second-order valence-corrected chi connectivity index (χ2v) is 14.8. The molecule has 4 aliphatic rings. The minimum Gasteiger partial charge on any atom is -0.457 e. The van der Waals surface area contributed by atoms with Gasteiger partial charge in [0.25, 0.3) is 0 Å². The number of ketones is 1. The van der Waals surface area contributed by atoms with Gasteiger partial charge in [-0.1, -0.05) is 34.6 Å². The van der Waals surface area contributed by atoms with Crippen LogP contribution in [0.3, 0.4) is 0 Å². The number of alkyl carbamates (subject to hydrolysis) is 1. The summed E-state index contributed by atoms with van der Waals surface area (Å²) in [5.74, 6) is -1.76. The number of rotatable bonds is 10. The van der Waals surface area contributed by atoms with Gasteiger partial charge in [-0.3, -0.25) is 14.5 Å². The smallest absolute Gasteiger partial charge is 0.408 e. The Balaban J connectivity index is 2.17. The SMILES string of the molecule is CCO[C@@H](O[C@@H]1[C@@H](C)C(=O)[C@]2(C)CCO[C@@]1(C)C[C@@H](C)CN(CC)[C@H](C)[C@H]1NC(=O)O[C@]1(C)[C@@H](CC)OC2=O)C(O)C(CC)N(C)C. The normalized spacial score (nSPS) is 39.6. The lowest BCUT2D eigenvalue weighted by Gasteiger charge is -2.47. The number of ether oxygens (including phenoxy) is 5. The monoisotopic (exact) mass is 669 g/mol. The predicted molar refractivity (Wildman–Crippen MR) is 178 cm³/mol. The van der Waals surface area contributed by atoms with Crippen molar-refractivity contribution in [2.45, 2.75) is 149 Å². The van der Waals surface area contributed by atoms with Gasteiger partial charge < -0.3 is 39.0 Å². The standard InChI is InChI=1S/C35H63N3O9/c1-13-24(37(11)12)26(39)30(43-16-4)46-29-22(6)28(40)33(8)17-18-44-34(29,9)19-21(5)20-38(15-3)23(7)27-35(10,47-32(42)36-27)25(14-2)45-31(33)41/h21-27,29-30,39H,13-20H2,1-12H3,(H,36,42)/t21-,22+,23-,24?,25-,26?,27-,29-,30+,33+,34+,35-/m1/s1. The summed E-state index contributed by atoms with van der Waals surface area (Å²) in [6, 6.07) is -0.887. The van der Waals surface area contributed by atoms with E-state index in [1.54, 1.807) is 13.8 Å². The van der Waals surface area contributed by atoms with Crippen LogP contribution in [0, 0.1) is 17.3 Å². The Bertz CT molecular complexity index is 1090. The topological polar surface area (TPSA) is 136 Å². The molecule has 4 saturated heterocycles. The molecule has 0 saturated carbocycles. The molecule has 4 rings (SSSR count). The van der Waals surface area contributed by atoms with Crippen molar-refractivity contribution in [3.05, 3.63) is 0 Å². The zero-order valence-corrected chi connectivity index (χ0v) is 31.0. The average Bonchev–Trinajstić information content (AvgIpc) is 3.32. The summed E-state index contributed by atoms with van der Waals surface area (Å²) in [5.41, 5.74) is -3.68. The molecule has 0 aromatic heterocycles. The van der Waals surface area contributed by atoms with Crippen LogP contribution in [-0.4, -0.2) is 127 Å². The molecular weight excluding hydrogens is 606 g/mol. The van der Waals surface area contributed by atoms with Gasteiger partial charge in [0.05, 0.1) is 17.7 Å². The molecule has 2 bridgehead atoms. The number of amides is 1. The maximum Gasteiger partial charge on any atom is 0.408 e. The van der Waals surface area contributed by atoms with Crippen LogP contribution < -0.4 is 5.32 Å². The predicted octanol–water partition coefficient (Wildman–Crippen LogP) is 3.76. The van der Waals surface area contributed by atoms with Crippen molar-refractivity contribution in [2.24, 2.45) is 17.3 Å². The number of Topliss-reactive ketones (excluding diaryl/α,β-unsaturated/α-hetero) is 1. The second-order valence-electron chi connectivity index (χ2n) is 14.8. The van der Waals surface area contributed by atoms with Gasteiger partial charge >= 0.3 is 12.1 Å². The molecule has 47 heavy (non-hydrogen) atoms. The third kappa shape index (κ3) is 7.99. The highest BCUT2D eigenvalue weighted by Crippen LogP contribution is 2.43. The molecule has 12 nitrogen and oxygen atoms in total. The first-order valence-corrected chi connectivity index (χ1v) is 17.7. The summed E-state index contributed by atoms with van der Waals surface area (Å²) in [6.45, 7) is 20.9. The molecule has 2 unspecified atom stereocenters. The van der Waals surface area contributed by atoms with E-state index in [4.69, 9.17) is 23.7 Å². The molecular formula is C35H63N3O9. The molecule has 0 radical (unpaired) electrons. The van der Waals surface area contributed by atoms with Crippen molar-refractivity contribution >= 4 is 17.8 Å². The van der Waals surface area contributed by atoms with E-state index in [9.17, 15) is 19.5 Å². The fourth-order valence-electron chi connectivity index (χ4n) is 8.37. The zero-order valence-electron chi connectivity index (χ0n) is 31.0. The highest BCUT2D eigenvalue weighted by atomic mass is 16.7. The van der Waals surface area contributed by atoms with E-state index in [0.717, 1.165) is 0 Å². The fraction of sp³-hybridized carbons (Fsp3) is 0.914. The summed E-state index contributed by atoms with van der Waals surface area (Å²) in [4.78, 5) is 45.8. The maximum absolute atomic E-state index is 14.6. The van der Waals surface area contributed by atoms with Gasteiger partial charge in [-0.05, 0) is 86.9 Å². The summed E-state index contributed by atoms with van der Waals surface area (Å²) in [6.07, 6.45) is -2.58. The first kappa shape index (κ1) is 39.6. The van der Waals surface area contributed by atoms with Crippen LogP contribution in [0.5, 0.6) is 0 Å². The Morgan fingerprint density at radius 2 is 1.74 bits per heavy atom. The molecule has 4 aliphatic heterocycles. The quantitative estimate of drug-likeness (QED) is 0.200. The Hall–Kier alpha value is -1.83. The first-order chi connectivity index (χ1) is 21.9. The number of hydrogen-bond acceptors (Lipinski definition) is 11. The molecule has 12 atom stereocenters. The fourth-order valence-corrected chi connectivity index (χ4v) is 8.37. The first-order valence-electron chi connectivity index (χ1n) is 17.7. The van der Waals surface area contributed by atoms with E-state index >= 15 is 0 Å². The number of nitrogens with one attached hydrogen (secondary N) is 1. The van der Waals surface area contributed by atoms with Gasteiger partial charge in [-0.2, -0.15) is 0 Å². The lowest BCUT2D eigenvalue weighted by atomic mass is 9.70. The highest BCUT2D eigenvalue weighted by molar-refractivity contribution is 6.04. The Labute approximate surface area is 282 Å². The summed E-state index contributed by atoms with van der Waals surface area (Å²) in [7, 11) is 3.80. The van der Waals surface area contributed by atoms with Crippen LogP contribution in [0.15, 0.2) is 0 Å². The lowest BCUT2D eigenvalue weighted by molar-refractivity contribution is -0.273.